The van der Waals surface area contributed by atoms with Crippen molar-refractivity contribution in [2.45, 2.75) is 69.2 Å². The van der Waals surface area contributed by atoms with Gasteiger partial charge in [0.25, 0.3) is 0 Å². The Labute approximate surface area is 209 Å². The molecular formula is C26H30N2O4S2. The van der Waals surface area contributed by atoms with Gasteiger partial charge >= 0.3 is 12.1 Å². The molecular weight excluding hydrogens is 468 g/mol. The van der Waals surface area contributed by atoms with Gasteiger partial charge in [-0.05, 0) is 70.9 Å². The average molecular weight is 499 g/mol. The van der Waals surface area contributed by atoms with E-state index in [0.29, 0.717) is 5.56 Å². The molecule has 34 heavy (non-hydrogen) atoms. The Kier molecular flexibility index (Phi) is 8.05. The van der Waals surface area contributed by atoms with Crippen LogP contribution in [0.15, 0.2) is 63.8 Å². The number of nitrogens with one attached hydrogen (secondary N) is 1. The Morgan fingerprint density at radius 3 is 2.26 bits per heavy atom. The highest BCUT2D eigenvalue weighted by atomic mass is 32.2. The van der Waals surface area contributed by atoms with Gasteiger partial charge in [-0.1, -0.05) is 42.1 Å². The molecule has 0 fully saturated rings. The third-order valence-electron chi connectivity index (χ3n) is 4.18. The number of ether oxygens (including phenoxy) is 2. The number of carbonyl (C=O) groups is 2. The molecule has 0 radical (unpaired) electrons. The van der Waals surface area contributed by atoms with Crippen molar-refractivity contribution < 1.29 is 19.1 Å². The molecule has 1 heterocycles. The largest absolute Gasteiger partial charge is 0.456 e. The van der Waals surface area contributed by atoms with Gasteiger partial charge < -0.3 is 14.8 Å². The van der Waals surface area contributed by atoms with Crippen molar-refractivity contribution in [3.05, 3.63) is 64.5 Å². The third kappa shape index (κ3) is 8.18. The summed E-state index contributed by atoms with van der Waals surface area (Å²) in [6.45, 7) is 11.3. The second kappa shape index (κ2) is 10.6. The zero-order valence-electron chi connectivity index (χ0n) is 20.3. The monoisotopic (exact) mass is 498 g/mol. The van der Waals surface area contributed by atoms with Gasteiger partial charge in [-0.2, -0.15) is 0 Å². The molecule has 1 amide bonds. The summed E-state index contributed by atoms with van der Waals surface area (Å²) >= 11 is 2.91. The van der Waals surface area contributed by atoms with Crippen LogP contribution >= 0.6 is 23.1 Å². The topological polar surface area (TPSA) is 77.5 Å². The number of aromatic nitrogens is 1. The number of thiazole rings is 1. The Morgan fingerprint density at radius 2 is 1.62 bits per heavy atom. The number of alkyl carbamates (subject to hydrolysis) is 1. The maximum absolute atomic E-state index is 12.8. The van der Waals surface area contributed by atoms with Crippen LogP contribution in [0.4, 0.5) is 4.79 Å². The van der Waals surface area contributed by atoms with Crippen LogP contribution in [-0.2, 0) is 16.0 Å². The molecule has 0 bridgehead atoms. The van der Waals surface area contributed by atoms with Gasteiger partial charge in [-0.25, -0.2) is 14.6 Å². The summed E-state index contributed by atoms with van der Waals surface area (Å²) in [6, 6.07) is 15.6. The van der Waals surface area contributed by atoms with E-state index >= 15 is 0 Å². The van der Waals surface area contributed by atoms with E-state index in [9.17, 15) is 9.59 Å². The third-order valence-corrected chi connectivity index (χ3v) is 6.07. The second-order valence-corrected chi connectivity index (χ2v) is 11.7. The van der Waals surface area contributed by atoms with Gasteiger partial charge in [-0.15, -0.1) is 11.3 Å². The molecule has 0 aliphatic heterocycles. The van der Waals surface area contributed by atoms with E-state index in [1.165, 1.54) is 23.1 Å². The van der Waals surface area contributed by atoms with Crippen LogP contribution in [0, 0.1) is 0 Å². The smallest absolute Gasteiger partial charge is 0.408 e. The average Bonchev–Trinajstić information content (AvgIpc) is 3.17. The fourth-order valence-electron chi connectivity index (χ4n) is 2.91. The second-order valence-electron chi connectivity index (χ2n) is 9.65. The highest BCUT2D eigenvalue weighted by molar-refractivity contribution is 7.99. The molecule has 0 atom stereocenters. The molecule has 0 aliphatic carbocycles. The summed E-state index contributed by atoms with van der Waals surface area (Å²) < 4.78 is 10.9. The van der Waals surface area contributed by atoms with E-state index in [1.807, 2.05) is 95.5 Å². The molecule has 180 valence electrons. The van der Waals surface area contributed by atoms with Gasteiger partial charge in [0.05, 0.1) is 12.1 Å². The minimum atomic E-state index is -0.585. The van der Waals surface area contributed by atoms with E-state index in [2.05, 4.69) is 10.3 Å². The number of nitrogens with zero attached hydrogens (tertiary/aromatic N) is 1. The number of benzene rings is 2. The first-order valence-corrected chi connectivity index (χ1v) is 12.6. The zero-order chi connectivity index (χ0) is 24.9. The van der Waals surface area contributed by atoms with Crippen LogP contribution < -0.4 is 5.32 Å². The SMILES string of the molecule is CC(C)(C)OC(=O)NCc1nc(Sc2cc(C(=O)OC(C)(C)C)cc(-c3ccccc3)c2)cs1. The van der Waals surface area contributed by atoms with Crippen LogP contribution in [-0.4, -0.2) is 28.2 Å². The van der Waals surface area contributed by atoms with Gasteiger partial charge in [0.1, 0.15) is 21.2 Å². The predicted molar refractivity (Wildman–Crippen MR) is 136 cm³/mol. The van der Waals surface area contributed by atoms with Gasteiger partial charge in [0.15, 0.2) is 0 Å². The lowest BCUT2D eigenvalue weighted by Crippen LogP contribution is -2.32. The predicted octanol–water partition coefficient (Wildman–Crippen LogP) is 6.94. The van der Waals surface area contributed by atoms with Crippen molar-refractivity contribution in [1.82, 2.24) is 10.3 Å². The fourth-order valence-corrected chi connectivity index (χ4v) is 4.67. The van der Waals surface area contributed by atoms with Crippen LogP contribution in [0.1, 0.15) is 56.9 Å². The van der Waals surface area contributed by atoms with Crippen molar-refractivity contribution in [3.8, 4) is 11.1 Å². The number of amides is 1. The normalized spacial score (nSPS) is 11.7. The first-order chi connectivity index (χ1) is 15.9. The standard InChI is InChI=1S/C26H30N2O4S2/c1-25(2,3)31-23(29)19-12-18(17-10-8-7-9-11-17)13-20(14-19)34-22-16-33-21(28-22)15-27-24(30)32-26(4,5)6/h7-14,16H,15H2,1-6H3,(H,27,30). The first kappa shape index (κ1) is 25.8. The van der Waals surface area contributed by atoms with Crippen molar-refractivity contribution in [2.24, 2.45) is 0 Å². The van der Waals surface area contributed by atoms with Gasteiger partial charge in [-0.3, -0.25) is 0 Å². The number of rotatable bonds is 6. The number of carbonyl (C=O) groups excluding carboxylic acids is 2. The minimum absolute atomic E-state index is 0.285. The lowest BCUT2D eigenvalue weighted by molar-refractivity contribution is 0.00689. The molecule has 0 saturated carbocycles. The van der Waals surface area contributed by atoms with Gasteiger partial charge in [0, 0.05) is 10.3 Å². The molecule has 2 aromatic carbocycles. The number of esters is 1. The maximum atomic E-state index is 12.8. The number of hydrogen-bond acceptors (Lipinski definition) is 7. The van der Waals surface area contributed by atoms with Crippen LogP contribution in [0.3, 0.4) is 0 Å². The summed E-state index contributed by atoms with van der Waals surface area (Å²) in [6.07, 6.45) is -0.477. The lowest BCUT2D eigenvalue weighted by Gasteiger charge is -2.20. The zero-order valence-corrected chi connectivity index (χ0v) is 21.9. The summed E-state index contributed by atoms with van der Waals surface area (Å²) in [5.74, 6) is -0.368. The van der Waals surface area contributed by atoms with E-state index < -0.39 is 17.3 Å². The first-order valence-electron chi connectivity index (χ1n) is 10.9. The summed E-state index contributed by atoms with van der Waals surface area (Å²) in [5.41, 5.74) is 1.28. The molecule has 1 aromatic heterocycles. The van der Waals surface area contributed by atoms with Crippen molar-refractivity contribution >= 4 is 35.2 Å². The number of hydrogen-bond donors (Lipinski definition) is 1. The van der Waals surface area contributed by atoms with E-state index in [1.54, 1.807) is 0 Å². The maximum Gasteiger partial charge on any atom is 0.408 e. The van der Waals surface area contributed by atoms with E-state index in [4.69, 9.17) is 9.47 Å². The Balaban J connectivity index is 1.79. The summed E-state index contributed by atoms with van der Waals surface area (Å²) in [4.78, 5) is 30.2. The quantitative estimate of drug-likeness (QED) is 0.371. The molecule has 0 unspecified atom stereocenters. The summed E-state index contributed by atoms with van der Waals surface area (Å²) in [7, 11) is 0. The Hall–Kier alpha value is -2.84. The van der Waals surface area contributed by atoms with Crippen LogP contribution in [0.5, 0.6) is 0 Å². The van der Waals surface area contributed by atoms with E-state index in [0.717, 1.165) is 26.1 Å². The van der Waals surface area contributed by atoms with E-state index in [-0.39, 0.29) is 12.5 Å². The fraction of sp³-hybridized carbons (Fsp3) is 0.346. The summed E-state index contributed by atoms with van der Waals surface area (Å²) in [5, 5.41) is 6.20. The molecule has 8 heteroatoms. The van der Waals surface area contributed by atoms with Crippen molar-refractivity contribution in [3.63, 3.8) is 0 Å². The highest BCUT2D eigenvalue weighted by Gasteiger charge is 2.20. The van der Waals surface area contributed by atoms with Crippen molar-refractivity contribution in [1.29, 1.82) is 0 Å². The molecule has 0 saturated heterocycles. The minimum Gasteiger partial charge on any atom is -0.456 e. The Bertz CT molecular complexity index is 1150. The lowest BCUT2D eigenvalue weighted by atomic mass is 10.0. The van der Waals surface area contributed by atoms with Crippen LogP contribution in [0.2, 0.25) is 0 Å². The van der Waals surface area contributed by atoms with Crippen molar-refractivity contribution in [2.75, 3.05) is 0 Å². The van der Waals surface area contributed by atoms with Crippen LogP contribution in [0.25, 0.3) is 11.1 Å². The molecule has 0 aliphatic rings. The molecule has 3 aromatic rings. The molecule has 1 N–H and O–H groups in total. The highest BCUT2D eigenvalue weighted by Crippen LogP contribution is 2.33. The molecule has 3 rings (SSSR count). The van der Waals surface area contributed by atoms with Gasteiger partial charge in [0.2, 0.25) is 0 Å². The molecule has 6 nitrogen and oxygen atoms in total. The Morgan fingerprint density at radius 1 is 0.941 bits per heavy atom. The molecule has 0 spiro atoms.